The van der Waals surface area contributed by atoms with Crippen molar-refractivity contribution in [1.82, 2.24) is 10.2 Å². The van der Waals surface area contributed by atoms with E-state index in [9.17, 15) is 14.0 Å². The maximum absolute atomic E-state index is 13.8. The second-order valence-corrected chi connectivity index (χ2v) is 7.44. The highest BCUT2D eigenvalue weighted by Crippen LogP contribution is 2.19. The van der Waals surface area contributed by atoms with Gasteiger partial charge in [0.2, 0.25) is 0 Å². The summed E-state index contributed by atoms with van der Waals surface area (Å²) in [5.74, 6) is -0.364. The first kappa shape index (κ1) is 17.8. The summed E-state index contributed by atoms with van der Waals surface area (Å²) in [4.78, 5) is 27.0. The summed E-state index contributed by atoms with van der Waals surface area (Å²) >= 11 is 1.22. The number of carbonyl (C=O) groups is 2. The van der Waals surface area contributed by atoms with Gasteiger partial charge in [-0.3, -0.25) is 14.5 Å². The maximum Gasteiger partial charge on any atom is 0.261 e. The van der Waals surface area contributed by atoms with E-state index in [0.29, 0.717) is 28.4 Å². The minimum Gasteiger partial charge on any atom is -0.347 e. The van der Waals surface area contributed by atoms with Crippen LogP contribution in [-0.4, -0.2) is 35.7 Å². The standard InChI is InChI=1S/C19H21FN2O2S/c1-13(23)17-8-9-18(25-17)19(24)21-15-6-4-10-22(12-15)11-14-5-2-3-7-16(14)20/h2-3,5,7-9,15H,4,6,10-12H2,1H3,(H,21,24)/t15-/m0/s1. The van der Waals surface area contributed by atoms with E-state index in [1.54, 1.807) is 24.3 Å². The van der Waals surface area contributed by atoms with Crippen molar-refractivity contribution in [2.45, 2.75) is 32.4 Å². The number of nitrogens with zero attached hydrogens (tertiary/aromatic N) is 1. The fraction of sp³-hybridized carbons (Fsp3) is 0.368. The van der Waals surface area contributed by atoms with Crippen LogP contribution in [0.2, 0.25) is 0 Å². The normalized spacial score (nSPS) is 18.1. The lowest BCUT2D eigenvalue weighted by Crippen LogP contribution is -2.47. The summed E-state index contributed by atoms with van der Waals surface area (Å²) in [6, 6.07) is 10.2. The highest BCUT2D eigenvalue weighted by atomic mass is 32.1. The van der Waals surface area contributed by atoms with E-state index in [2.05, 4.69) is 10.2 Å². The molecule has 0 radical (unpaired) electrons. The van der Waals surface area contributed by atoms with Crippen LogP contribution in [0.1, 0.15) is 44.7 Å². The number of carbonyl (C=O) groups excluding carboxylic acids is 2. The summed E-state index contributed by atoms with van der Waals surface area (Å²) in [5.41, 5.74) is 0.679. The molecular formula is C19H21FN2O2S. The van der Waals surface area contributed by atoms with Gasteiger partial charge in [-0.25, -0.2) is 4.39 Å². The molecule has 0 unspecified atom stereocenters. The Hall–Kier alpha value is -2.05. The number of Topliss-reactive ketones (excluding diaryl/α,β-unsaturated/α-hetero) is 1. The number of halogens is 1. The van der Waals surface area contributed by atoms with Crippen LogP contribution in [0.25, 0.3) is 0 Å². The van der Waals surface area contributed by atoms with Gasteiger partial charge in [0.15, 0.2) is 5.78 Å². The van der Waals surface area contributed by atoms with Crippen molar-refractivity contribution < 1.29 is 14.0 Å². The molecular weight excluding hydrogens is 339 g/mol. The number of hydrogen-bond acceptors (Lipinski definition) is 4. The number of amides is 1. The van der Waals surface area contributed by atoms with Gasteiger partial charge in [0.1, 0.15) is 5.82 Å². The topological polar surface area (TPSA) is 49.4 Å². The molecule has 1 aromatic carbocycles. The average Bonchev–Trinajstić information content (AvgIpc) is 3.08. The molecule has 1 fully saturated rings. The van der Waals surface area contributed by atoms with Crippen LogP contribution >= 0.6 is 11.3 Å². The summed E-state index contributed by atoms with van der Waals surface area (Å²) in [5, 5.41) is 3.04. The zero-order valence-corrected chi connectivity index (χ0v) is 14.9. The Bertz CT molecular complexity index is 774. The highest BCUT2D eigenvalue weighted by Gasteiger charge is 2.23. The Morgan fingerprint density at radius 1 is 1.24 bits per heavy atom. The first-order valence-corrected chi connectivity index (χ1v) is 9.22. The van der Waals surface area contributed by atoms with Gasteiger partial charge in [-0.1, -0.05) is 18.2 Å². The molecule has 2 aromatic rings. The van der Waals surface area contributed by atoms with Gasteiger partial charge in [-0.05, 0) is 44.5 Å². The molecule has 1 aliphatic heterocycles. The first-order chi connectivity index (χ1) is 12.0. The fourth-order valence-electron chi connectivity index (χ4n) is 3.09. The highest BCUT2D eigenvalue weighted by molar-refractivity contribution is 7.15. The number of likely N-dealkylation sites (tertiary alicyclic amines) is 1. The number of thiophene rings is 1. The number of benzene rings is 1. The molecule has 2 heterocycles. The van der Waals surface area contributed by atoms with Gasteiger partial charge < -0.3 is 5.32 Å². The van der Waals surface area contributed by atoms with Crippen molar-refractivity contribution in [3.8, 4) is 0 Å². The van der Waals surface area contributed by atoms with Gasteiger partial charge >= 0.3 is 0 Å². The average molecular weight is 360 g/mol. The van der Waals surface area contributed by atoms with Crippen LogP contribution in [0.3, 0.4) is 0 Å². The van der Waals surface area contributed by atoms with Crippen molar-refractivity contribution in [2.75, 3.05) is 13.1 Å². The fourth-order valence-corrected chi connectivity index (χ4v) is 3.89. The second-order valence-electron chi connectivity index (χ2n) is 6.36. The molecule has 6 heteroatoms. The summed E-state index contributed by atoms with van der Waals surface area (Å²) in [7, 11) is 0. The van der Waals surface area contributed by atoms with E-state index < -0.39 is 0 Å². The molecule has 0 aliphatic carbocycles. The van der Waals surface area contributed by atoms with Crippen molar-refractivity contribution in [1.29, 1.82) is 0 Å². The summed E-state index contributed by atoms with van der Waals surface area (Å²) in [6.45, 7) is 3.64. The second kappa shape index (κ2) is 7.89. The monoisotopic (exact) mass is 360 g/mol. The van der Waals surface area contributed by atoms with Crippen LogP contribution in [0.4, 0.5) is 4.39 Å². The van der Waals surface area contributed by atoms with E-state index >= 15 is 0 Å². The van der Waals surface area contributed by atoms with E-state index in [1.165, 1.54) is 24.3 Å². The molecule has 0 bridgehead atoms. The largest absolute Gasteiger partial charge is 0.347 e. The lowest BCUT2D eigenvalue weighted by atomic mass is 10.0. The Morgan fingerprint density at radius 2 is 2.00 bits per heavy atom. The molecule has 1 saturated heterocycles. The van der Waals surface area contributed by atoms with E-state index in [4.69, 9.17) is 0 Å². The van der Waals surface area contributed by atoms with Crippen molar-refractivity contribution in [3.05, 3.63) is 57.5 Å². The Balaban J connectivity index is 1.58. The zero-order chi connectivity index (χ0) is 17.8. The van der Waals surface area contributed by atoms with Gasteiger partial charge in [0, 0.05) is 24.7 Å². The molecule has 0 saturated carbocycles. The predicted octanol–water partition coefficient (Wildman–Crippen LogP) is 3.48. The summed E-state index contributed by atoms with van der Waals surface area (Å²) in [6.07, 6.45) is 1.87. The van der Waals surface area contributed by atoms with Crippen LogP contribution in [0.15, 0.2) is 36.4 Å². The lowest BCUT2D eigenvalue weighted by molar-refractivity contribution is 0.0904. The number of piperidine rings is 1. The van der Waals surface area contributed by atoms with Crippen molar-refractivity contribution in [2.24, 2.45) is 0 Å². The molecule has 3 rings (SSSR count). The van der Waals surface area contributed by atoms with Gasteiger partial charge in [0.05, 0.1) is 9.75 Å². The van der Waals surface area contributed by atoms with Gasteiger partial charge in [-0.2, -0.15) is 0 Å². The number of hydrogen-bond donors (Lipinski definition) is 1. The third-order valence-electron chi connectivity index (χ3n) is 4.37. The van der Waals surface area contributed by atoms with Crippen molar-refractivity contribution >= 4 is 23.0 Å². The van der Waals surface area contributed by atoms with Crippen LogP contribution in [0, 0.1) is 5.82 Å². The zero-order valence-electron chi connectivity index (χ0n) is 14.1. The number of rotatable bonds is 5. The van der Waals surface area contributed by atoms with Gasteiger partial charge in [0.25, 0.3) is 5.91 Å². The van der Waals surface area contributed by atoms with E-state index in [-0.39, 0.29) is 23.5 Å². The molecule has 132 valence electrons. The SMILES string of the molecule is CC(=O)c1ccc(C(=O)N[C@H]2CCCN(Cc3ccccc3F)C2)s1. The van der Waals surface area contributed by atoms with Crippen LogP contribution in [0.5, 0.6) is 0 Å². The van der Waals surface area contributed by atoms with Crippen molar-refractivity contribution in [3.63, 3.8) is 0 Å². The minimum absolute atomic E-state index is 0.0298. The summed E-state index contributed by atoms with van der Waals surface area (Å²) < 4.78 is 13.8. The first-order valence-electron chi connectivity index (χ1n) is 8.40. The van der Waals surface area contributed by atoms with Crippen LogP contribution in [-0.2, 0) is 6.54 Å². The minimum atomic E-state index is -0.191. The Labute approximate surface area is 150 Å². The molecule has 1 amide bonds. The smallest absolute Gasteiger partial charge is 0.261 e. The Kier molecular flexibility index (Phi) is 5.60. The Morgan fingerprint density at radius 3 is 2.72 bits per heavy atom. The maximum atomic E-state index is 13.8. The molecule has 0 spiro atoms. The number of nitrogens with one attached hydrogen (secondary N) is 1. The lowest BCUT2D eigenvalue weighted by Gasteiger charge is -2.33. The predicted molar refractivity (Wildman–Crippen MR) is 96.5 cm³/mol. The molecule has 25 heavy (non-hydrogen) atoms. The third-order valence-corrected chi connectivity index (χ3v) is 5.55. The van der Waals surface area contributed by atoms with Crippen LogP contribution < -0.4 is 5.32 Å². The number of ketones is 1. The van der Waals surface area contributed by atoms with E-state index in [0.717, 1.165) is 19.4 Å². The molecule has 1 aromatic heterocycles. The molecule has 1 atom stereocenters. The van der Waals surface area contributed by atoms with Gasteiger partial charge in [-0.15, -0.1) is 11.3 Å². The quantitative estimate of drug-likeness (QED) is 0.831. The molecule has 1 N–H and O–H groups in total. The molecule has 4 nitrogen and oxygen atoms in total. The molecule has 1 aliphatic rings. The van der Waals surface area contributed by atoms with E-state index in [1.807, 2.05) is 6.07 Å². The third kappa shape index (κ3) is 4.52.